The second-order valence-corrected chi connectivity index (χ2v) is 6.46. The molecule has 0 spiro atoms. The maximum Gasteiger partial charge on any atom is 0.225 e. The first-order chi connectivity index (χ1) is 12.1. The van der Waals surface area contributed by atoms with Crippen LogP contribution in [0.15, 0.2) is 24.3 Å². The van der Waals surface area contributed by atoms with Gasteiger partial charge in [0.2, 0.25) is 5.91 Å². The molecule has 0 aliphatic carbocycles. The maximum atomic E-state index is 11.1. The first kappa shape index (κ1) is 17.8. The molecule has 2 heterocycles. The summed E-state index contributed by atoms with van der Waals surface area (Å²) < 4.78 is 13.0. The van der Waals surface area contributed by atoms with Crippen LogP contribution < -0.4 is 5.73 Å². The van der Waals surface area contributed by atoms with Gasteiger partial charge in [-0.25, -0.2) is 9.67 Å². The van der Waals surface area contributed by atoms with Gasteiger partial charge in [0.15, 0.2) is 11.6 Å². The van der Waals surface area contributed by atoms with Crippen LogP contribution in [0, 0.1) is 0 Å². The molecule has 1 amide bonds. The lowest BCUT2D eigenvalue weighted by Gasteiger charge is -2.10. The molecule has 1 aromatic carbocycles. The van der Waals surface area contributed by atoms with Gasteiger partial charge < -0.3 is 15.2 Å². The highest BCUT2D eigenvalue weighted by atomic mass is 35.5. The van der Waals surface area contributed by atoms with Gasteiger partial charge in [-0.3, -0.25) is 4.79 Å². The Kier molecular flexibility index (Phi) is 6.01. The van der Waals surface area contributed by atoms with Gasteiger partial charge in [0.05, 0.1) is 25.7 Å². The Balaban J connectivity index is 1.68. The third-order valence-corrected chi connectivity index (χ3v) is 4.18. The smallest absolute Gasteiger partial charge is 0.225 e. The molecule has 1 fully saturated rings. The number of hydrogen-bond donors (Lipinski definition) is 1. The maximum absolute atomic E-state index is 11.1. The van der Waals surface area contributed by atoms with Crippen LogP contribution >= 0.6 is 11.6 Å². The van der Waals surface area contributed by atoms with Crippen molar-refractivity contribution in [1.29, 1.82) is 0 Å². The number of nitrogens with two attached hydrogens (primary N) is 1. The van der Waals surface area contributed by atoms with E-state index in [0.29, 0.717) is 36.4 Å². The lowest BCUT2D eigenvalue weighted by molar-refractivity contribution is -0.117. The van der Waals surface area contributed by atoms with E-state index in [4.69, 9.17) is 26.8 Å². The monoisotopic (exact) mass is 364 g/mol. The lowest BCUT2D eigenvalue weighted by atomic mass is 10.2. The molecular formula is C17H21ClN4O3. The molecule has 1 atom stereocenters. The van der Waals surface area contributed by atoms with E-state index >= 15 is 0 Å². The Morgan fingerprint density at radius 3 is 2.88 bits per heavy atom. The summed E-state index contributed by atoms with van der Waals surface area (Å²) in [5, 5.41) is 5.06. The van der Waals surface area contributed by atoms with Gasteiger partial charge in [-0.05, 0) is 30.5 Å². The van der Waals surface area contributed by atoms with Gasteiger partial charge in [-0.15, -0.1) is 0 Å². The highest BCUT2D eigenvalue weighted by Gasteiger charge is 2.17. The number of primary amides is 1. The fourth-order valence-electron chi connectivity index (χ4n) is 2.71. The van der Waals surface area contributed by atoms with Crippen LogP contribution in [0.2, 0.25) is 5.02 Å². The zero-order chi connectivity index (χ0) is 17.6. The molecule has 1 unspecified atom stereocenters. The van der Waals surface area contributed by atoms with Gasteiger partial charge in [0.25, 0.3) is 0 Å². The number of nitrogens with zero attached hydrogens (tertiary/aromatic N) is 3. The molecule has 1 saturated heterocycles. The van der Waals surface area contributed by atoms with E-state index in [9.17, 15) is 4.79 Å². The topological polar surface area (TPSA) is 92.3 Å². The SMILES string of the molecule is NC(=O)Cc1nc(COCC2CCCO2)n(Cc2ccc(Cl)cc2)n1. The summed E-state index contributed by atoms with van der Waals surface area (Å²) in [6.45, 7) is 2.14. The Labute approximate surface area is 151 Å². The number of rotatable bonds is 8. The zero-order valence-electron chi connectivity index (χ0n) is 13.9. The Morgan fingerprint density at radius 2 is 2.20 bits per heavy atom. The molecule has 2 N–H and O–H groups in total. The van der Waals surface area contributed by atoms with Gasteiger partial charge in [-0.1, -0.05) is 23.7 Å². The van der Waals surface area contributed by atoms with E-state index in [1.165, 1.54) is 0 Å². The molecule has 3 rings (SSSR count). The summed E-state index contributed by atoms with van der Waals surface area (Å²) in [6.07, 6.45) is 2.25. The standard InChI is InChI=1S/C17H21ClN4O3/c18-13-5-3-12(4-6-13)9-22-17(20-16(21-22)8-15(19)23)11-24-10-14-2-1-7-25-14/h3-6,14H,1-2,7-11H2,(H2,19,23). The summed E-state index contributed by atoms with van der Waals surface area (Å²) in [5.41, 5.74) is 6.27. The van der Waals surface area contributed by atoms with Gasteiger partial charge >= 0.3 is 0 Å². The summed E-state index contributed by atoms with van der Waals surface area (Å²) in [6, 6.07) is 7.50. The number of benzene rings is 1. The Bertz CT molecular complexity index is 711. The third-order valence-electron chi connectivity index (χ3n) is 3.93. The first-order valence-corrected chi connectivity index (χ1v) is 8.62. The molecule has 25 heavy (non-hydrogen) atoms. The molecule has 1 aliphatic heterocycles. The van der Waals surface area contributed by atoms with E-state index in [0.717, 1.165) is 25.0 Å². The zero-order valence-corrected chi connectivity index (χ0v) is 14.6. The fourth-order valence-corrected chi connectivity index (χ4v) is 2.84. The summed E-state index contributed by atoms with van der Waals surface area (Å²) >= 11 is 5.92. The van der Waals surface area contributed by atoms with Crippen molar-refractivity contribution in [3.8, 4) is 0 Å². The minimum absolute atomic E-state index is 0.00630. The predicted molar refractivity (Wildman–Crippen MR) is 92.1 cm³/mol. The highest BCUT2D eigenvalue weighted by Crippen LogP contribution is 2.14. The average molecular weight is 365 g/mol. The molecular weight excluding hydrogens is 344 g/mol. The summed E-state index contributed by atoms with van der Waals surface area (Å²) in [4.78, 5) is 15.5. The second-order valence-electron chi connectivity index (χ2n) is 6.02. The van der Waals surface area contributed by atoms with Crippen molar-refractivity contribution in [2.45, 2.75) is 38.5 Å². The lowest BCUT2D eigenvalue weighted by Crippen LogP contribution is -2.16. The highest BCUT2D eigenvalue weighted by molar-refractivity contribution is 6.30. The molecule has 1 aliphatic rings. The average Bonchev–Trinajstić information content (AvgIpc) is 3.20. The number of carbonyl (C=O) groups excluding carboxylic acids is 1. The number of carbonyl (C=O) groups is 1. The van der Waals surface area contributed by atoms with Gasteiger partial charge in [-0.2, -0.15) is 5.10 Å². The van der Waals surface area contributed by atoms with Crippen molar-refractivity contribution in [2.24, 2.45) is 5.73 Å². The van der Waals surface area contributed by atoms with Crippen molar-refractivity contribution in [1.82, 2.24) is 14.8 Å². The van der Waals surface area contributed by atoms with E-state index in [2.05, 4.69) is 10.1 Å². The van der Waals surface area contributed by atoms with E-state index in [-0.39, 0.29) is 12.5 Å². The molecule has 0 radical (unpaired) electrons. The van der Waals surface area contributed by atoms with Crippen molar-refractivity contribution in [3.63, 3.8) is 0 Å². The van der Waals surface area contributed by atoms with Crippen molar-refractivity contribution in [3.05, 3.63) is 46.5 Å². The predicted octanol–water partition coefficient (Wildman–Crippen LogP) is 1.70. The molecule has 7 nitrogen and oxygen atoms in total. The van der Waals surface area contributed by atoms with Crippen LogP contribution in [0.1, 0.15) is 30.1 Å². The van der Waals surface area contributed by atoms with Crippen LogP contribution in [0.3, 0.4) is 0 Å². The number of hydrogen-bond acceptors (Lipinski definition) is 5. The van der Waals surface area contributed by atoms with Crippen molar-refractivity contribution in [2.75, 3.05) is 13.2 Å². The second kappa shape index (κ2) is 8.42. The largest absolute Gasteiger partial charge is 0.376 e. The van der Waals surface area contributed by atoms with Crippen LogP contribution in [0.4, 0.5) is 0 Å². The van der Waals surface area contributed by atoms with Crippen LogP contribution in [0.5, 0.6) is 0 Å². The van der Waals surface area contributed by atoms with E-state index < -0.39 is 5.91 Å². The van der Waals surface area contributed by atoms with Crippen molar-refractivity contribution >= 4 is 17.5 Å². The summed E-state index contributed by atoms with van der Waals surface area (Å²) in [7, 11) is 0. The minimum Gasteiger partial charge on any atom is -0.376 e. The van der Waals surface area contributed by atoms with Crippen molar-refractivity contribution < 1.29 is 14.3 Å². The third kappa shape index (κ3) is 5.26. The van der Waals surface area contributed by atoms with Gasteiger partial charge in [0, 0.05) is 11.6 Å². The number of amides is 1. The quantitative estimate of drug-likeness (QED) is 0.769. The van der Waals surface area contributed by atoms with Crippen LogP contribution in [-0.2, 0) is 33.8 Å². The minimum atomic E-state index is -0.463. The number of aromatic nitrogens is 3. The first-order valence-electron chi connectivity index (χ1n) is 8.25. The van der Waals surface area contributed by atoms with Gasteiger partial charge in [0.1, 0.15) is 6.61 Å². The molecule has 1 aromatic heterocycles. The Hall–Kier alpha value is -1.96. The fraction of sp³-hybridized carbons (Fsp3) is 0.471. The molecule has 134 valence electrons. The normalized spacial score (nSPS) is 17.1. The molecule has 0 bridgehead atoms. The van der Waals surface area contributed by atoms with E-state index in [1.807, 2.05) is 24.3 Å². The molecule has 8 heteroatoms. The molecule has 0 saturated carbocycles. The van der Waals surface area contributed by atoms with Crippen LogP contribution in [0.25, 0.3) is 0 Å². The number of ether oxygens (including phenoxy) is 2. The Morgan fingerprint density at radius 1 is 1.40 bits per heavy atom. The van der Waals surface area contributed by atoms with E-state index in [1.54, 1.807) is 4.68 Å². The van der Waals surface area contributed by atoms with Crippen LogP contribution in [-0.4, -0.2) is 40.0 Å². The number of halogens is 1. The molecule has 2 aromatic rings. The summed E-state index contributed by atoms with van der Waals surface area (Å²) in [5.74, 6) is 0.594.